The predicted molar refractivity (Wildman–Crippen MR) is 80.7 cm³/mol. The first-order chi connectivity index (χ1) is 9.26. The quantitative estimate of drug-likeness (QED) is 0.863. The Morgan fingerprint density at radius 2 is 2.10 bits per heavy atom. The van der Waals surface area contributed by atoms with Crippen LogP contribution in [0.4, 0.5) is 10.5 Å². The van der Waals surface area contributed by atoms with Crippen molar-refractivity contribution in [2.75, 3.05) is 5.73 Å². The lowest BCUT2D eigenvalue weighted by Gasteiger charge is -2.27. The minimum Gasteiger partial charge on any atom is -0.444 e. The molecule has 0 unspecified atom stereocenters. The second kappa shape index (κ2) is 5.52. The van der Waals surface area contributed by atoms with Crippen LogP contribution in [0.15, 0.2) is 18.2 Å². The Bertz CT molecular complexity index is 507. The zero-order valence-electron chi connectivity index (χ0n) is 12.1. The van der Waals surface area contributed by atoms with E-state index in [1.54, 1.807) is 17.0 Å². The summed E-state index contributed by atoms with van der Waals surface area (Å²) in [6.07, 6.45) is 1.73. The van der Waals surface area contributed by atoms with Crippen LogP contribution in [-0.2, 0) is 11.3 Å². The summed E-state index contributed by atoms with van der Waals surface area (Å²) in [4.78, 5) is 14.0. The van der Waals surface area contributed by atoms with E-state index in [1.807, 2.05) is 26.8 Å². The van der Waals surface area contributed by atoms with Crippen LogP contribution in [0, 0.1) is 0 Å². The highest BCUT2D eigenvalue weighted by Gasteiger charge is 2.35. The van der Waals surface area contributed by atoms with E-state index in [1.165, 1.54) is 0 Å². The fourth-order valence-corrected chi connectivity index (χ4v) is 2.13. The highest BCUT2D eigenvalue weighted by molar-refractivity contribution is 6.31. The molecular weight excluding hydrogens is 276 g/mol. The van der Waals surface area contributed by atoms with Gasteiger partial charge in [0.25, 0.3) is 0 Å². The van der Waals surface area contributed by atoms with E-state index in [-0.39, 0.29) is 12.1 Å². The first kappa shape index (κ1) is 15.0. The van der Waals surface area contributed by atoms with E-state index in [0.717, 1.165) is 18.4 Å². The van der Waals surface area contributed by atoms with Crippen molar-refractivity contribution in [3.63, 3.8) is 0 Å². The van der Waals surface area contributed by atoms with E-state index < -0.39 is 5.60 Å². The van der Waals surface area contributed by atoms with Gasteiger partial charge in [0.05, 0.1) is 6.54 Å². The fraction of sp³-hybridized carbons (Fsp3) is 0.533. The third-order valence-corrected chi connectivity index (χ3v) is 3.39. The van der Waals surface area contributed by atoms with Gasteiger partial charge in [0, 0.05) is 16.8 Å². The molecular formula is C15H21ClN2O2. The number of rotatable bonds is 3. The normalized spacial score (nSPS) is 15.0. The van der Waals surface area contributed by atoms with Crippen molar-refractivity contribution in [2.45, 2.75) is 51.8 Å². The second-order valence-electron chi connectivity index (χ2n) is 6.19. The number of hydrogen-bond donors (Lipinski definition) is 1. The van der Waals surface area contributed by atoms with Crippen molar-refractivity contribution in [2.24, 2.45) is 0 Å². The van der Waals surface area contributed by atoms with Gasteiger partial charge < -0.3 is 15.4 Å². The van der Waals surface area contributed by atoms with E-state index in [9.17, 15) is 4.79 Å². The van der Waals surface area contributed by atoms with Crippen LogP contribution in [0.5, 0.6) is 0 Å². The molecule has 1 saturated carbocycles. The molecule has 1 aliphatic rings. The van der Waals surface area contributed by atoms with Gasteiger partial charge in [-0.05, 0) is 57.4 Å². The van der Waals surface area contributed by atoms with Crippen LogP contribution in [0.2, 0.25) is 5.02 Å². The molecule has 110 valence electrons. The third kappa shape index (κ3) is 4.04. The Balaban J connectivity index is 2.13. The fourth-order valence-electron chi connectivity index (χ4n) is 1.95. The van der Waals surface area contributed by atoms with Gasteiger partial charge in [-0.3, -0.25) is 0 Å². The summed E-state index contributed by atoms with van der Waals surface area (Å²) in [6, 6.07) is 5.57. The maximum Gasteiger partial charge on any atom is 0.410 e. The van der Waals surface area contributed by atoms with Crippen molar-refractivity contribution in [3.8, 4) is 0 Å². The average molecular weight is 297 g/mol. The molecule has 4 nitrogen and oxygen atoms in total. The zero-order chi connectivity index (χ0) is 14.9. The number of hydrogen-bond acceptors (Lipinski definition) is 3. The number of halogens is 1. The maximum atomic E-state index is 12.3. The summed E-state index contributed by atoms with van der Waals surface area (Å²) < 4.78 is 5.46. The minimum absolute atomic E-state index is 0.252. The summed E-state index contributed by atoms with van der Waals surface area (Å²) in [5.74, 6) is 0. The van der Waals surface area contributed by atoms with Gasteiger partial charge in [0.1, 0.15) is 5.60 Å². The summed E-state index contributed by atoms with van der Waals surface area (Å²) in [6.45, 7) is 6.03. The average Bonchev–Trinajstić information content (AvgIpc) is 3.11. The summed E-state index contributed by atoms with van der Waals surface area (Å²) in [7, 11) is 0. The molecule has 0 bridgehead atoms. The number of benzene rings is 1. The predicted octanol–water partition coefficient (Wildman–Crippen LogP) is 3.82. The molecule has 0 atom stereocenters. The lowest BCUT2D eigenvalue weighted by Crippen LogP contribution is -2.37. The number of carbonyl (C=O) groups is 1. The number of nitrogen functional groups attached to an aromatic ring is 1. The summed E-state index contributed by atoms with van der Waals surface area (Å²) >= 11 is 6.17. The summed E-state index contributed by atoms with van der Waals surface area (Å²) in [5.41, 5.74) is 6.78. The van der Waals surface area contributed by atoms with Gasteiger partial charge in [-0.15, -0.1) is 0 Å². The Kier molecular flexibility index (Phi) is 4.14. The van der Waals surface area contributed by atoms with E-state index in [0.29, 0.717) is 17.3 Å². The second-order valence-corrected chi connectivity index (χ2v) is 6.60. The Morgan fingerprint density at radius 1 is 1.45 bits per heavy atom. The van der Waals surface area contributed by atoms with Crippen molar-refractivity contribution in [1.29, 1.82) is 0 Å². The number of nitrogens with zero attached hydrogens (tertiary/aromatic N) is 1. The van der Waals surface area contributed by atoms with E-state index >= 15 is 0 Å². The largest absolute Gasteiger partial charge is 0.444 e. The molecule has 2 rings (SSSR count). The van der Waals surface area contributed by atoms with Crippen LogP contribution in [-0.4, -0.2) is 22.6 Å². The van der Waals surface area contributed by atoms with Gasteiger partial charge in [-0.2, -0.15) is 0 Å². The van der Waals surface area contributed by atoms with Crippen LogP contribution >= 0.6 is 11.6 Å². The third-order valence-electron chi connectivity index (χ3n) is 3.03. The van der Waals surface area contributed by atoms with Crippen LogP contribution < -0.4 is 5.73 Å². The molecule has 0 radical (unpaired) electrons. The smallest absolute Gasteiger partial charge is 0.410 e. The van der Waals surface area contributed by atoms with E-state index in [2.05, 4.69) is 0 Å². The molecule has 1 aromatic rings. The zero-order valence-corrected chi connectivity index (χ0v) is 12.9. The number of carbonyl (C=O) groups excluding carboxylic acids is 1. The van der Waals surface area contributed by atoms with Crippen LogP contribution in [0.3, 0.4) is 0 Å². The minimum atomic E-state index is -0.496. The number of amides is 1. The molecule has 20 heavy (non-hydrogen) atoms. The molecule has 1 aliphatic carbocycles. The van der Waals surface area contributed by atoms with E-state index in [4.69, 9.17) is 22.1 Å². The maximum absolute atomic E-state index is 12.3. The van der Waals surface area contributed by atoms with Gasteiger partial charge in [-0.25, -0.2) is 4.79 Å². The first-order valence-corrected chi connectivity index (χ1v) is 7.17. The highest BCUT2D eigenvalue weighted by Crippen LogP contribution is 2.31. The first-order valence-electron chi connectivity index (χ1n) is 6.80. The molecule has 1 amide bonds. The molecule has 2 N–H and O–H groups in total. The SMILES string of the molecule is CC(C)(C)OC(=O)N(Cc1cc(N)ccc1Cl)C1CC1. The number of nitrogens with two attached hydrogens (primary N) is 1. The van der Waals surface area contributed by atoms with Gasteiger partial charge >= 0.3 is 6.09 Å². The Morgan fingerprint density at radius 3 is 2.65 bits per heavy atom. The van der Waals surface area contributed by atoms with Crippen molar-refractivity contribution in [3.05, 3.63) is 28.8 Å². The Labute approximate surface area is 124 Å². The van der Waals surface area contributed by atoms with Crippen molar-refractivity contribution >= 4 is 23.4 Å². The van der Waals surface area contributed by atoms with Crippen molar-refractivity contribution < 1.29 is 9.53 Å². The standard InChI is InChI=1S/C15H21ClN2O2/c1-15(2,3)20-14(19)18(12-5-6-12)9-10-8-11(17)4-7-13(10)16/h4,7-8,12H,5-6,9,17H2,1-3H3. The van der Waals surface area contributed by atoms with Gasteiger partial charge in [0.15, 0.2) is 0 Å². The topological polar surface area (TPSA) is 55.6 Å². The van der Waals surface area contributed by atoms with Gasteiger partial charge in [0.2, 0.25) is 0 Å². The Hall–Kier alpha value is -1.42. The lowest BCUT2D eigenvalue weighted by molar-refractivity contribution is 0.0217. The monoisotopic (exact) mass is 296 g/mol. The molecule has 5 heteroatoms. The van der Waals surface area contributed by atoms with Crippen molar-refractivity contribution in [1.82, 2.24) is 4.90 Å². The number of ether oxygens (including phenoxy) is 1. The molecule has 1 aromatic carbocycles. The van der Waals surface area contributed by atoms with Crippen LogP contribution in [0.25, 0.3) is 0 Å². The molecule has 0 aliphatic heterocycles. The molecule has 0 saturated heterocycles. The summed E-state index contributed by atoms with van der Waals surface area (Å²) in [5, 5.41) is 0.619. The highest BCUT2D eigenvalue weighted by atomic mass is 35.5. The van der Waals surface area contributed by atoms with Crippen LogP contribution in [0.1, 0.15) is 39.2 Å². The molecule has 0 spiro atoms. The van der Waals surface area contributed by atoms with Gasteiger partial charge in [-0.1, -0.05) is 11.6 Å². The molecule has 0 aromatic heterocycles. The molecule has 0 heterocycles. The lowest BCUT2D eigenvalue weighted by atomic mass is 10.2. The molecule has 1 fully saturated rings. The number of anilines is 1.